The van der Waals surface area contributed by atoms with Crippen molar-refractivity contribution in [3.63, 3.8) is 0 Å². The summed E-state index contributed by atoms with van der Waals surface area (Å²) in [6.45, 7) is 0. The van der Waals surface area contributed by atoms with E-state index < -0.39 is 5.97 Å². The van der Waals surface area contributed by atoms with Crippen molar-refractivity contribution in [1.82, 2.24) is 0 Å². The van der Waals surface area contributed by atoms with Gasteiger partial charge in [-0.15, -0.1) is 0 Å². The van der Waals surface area contributed by atoms with Gasteiger partial charge in [0.1, 0.15) is 0 Å². The third kappa shape index (κ3) is 5.77. The van der Waals surface area contributed by atoms with Gasteiger partial charge in [0, 0.05) is 10.3 Å². The van der Waals surface area contributed by atoms with Gasteiger partial charge in [0.15, 0.2) is 0 Å². The number of hydrogen-bond acceptors (Lipinski definition) is 1. The van der Waals surface area contributed by atoms with E-state index in [1.54, 1.807) is 0 Å². The van der Waals surface area contributed by atoms with Gasteiger partial charge in [0.05, 0.1) is 0 Å². The van der Waals surface area contributed by atoms with Crippen molar-refractivity contribution in [2.24, 2.45) is 0 Å². The van der Waals surface area contributed by atoms with Crippen molar-refractivity contribution in [2.75, 3.05) is 0 Å². The van der Waals surface area contributed by atoms with Crippen LogP contribution in [0.3, 0.4) is 0 Å². The van der Waals surface area contributed by atoms with E-state index in [9.17, 15) is 4.79 Å². The third-order valence-corrected chi connectivity index (χ3v) is 3.27. The van der Waals surface area contributed by atoms with Gasteiger partial charge >= 0.3 is 5.97 Å². The minimum atomic E-state index is -0.696. The van der Waals surface area contributed by atoms with Gasteiger partial charge in [-0.3, -0.25) is 4.79 Å². The lowest BCUT2D eigenvalue weighted by atomic mass is 10.1. The molecule has 0 amide bonds. The Kier molecular flexibility index (Phi) is 5.68. The highest BCUT2D eigenvalue weighted by atomic mass is 127. The van der Waals surface area contributed by atoms with Crippen LogP contribution < -0.4 is 0 Å². The van der Waals surface area contributed by atoms with Crippen LogP contribution in [0.15, 0.2) is 30.3 Å². The van der Waals surface area contributed by atoms with E-state index in [4.69, 9.17) is 5.11 Å². The highest BCUT2D eigenvalue weighted by molar-refractivity contribution is 14.1. The topological polar surface area (TPSA) is 37.3 Å². The first-order valence-electron chi connectivity index (χ1n) is 5.08. The second-order valence-corrected chi connectivity index (χ2v) is 5.33. The number of benzene rings is 1. The zero-order valence-electron chi connectivity index (χ0n) is 8.53. The Morgan fingerprint density at radius 1 is 1.33 bits per heavy atom. The number of rotatable bonds is 6. The second kappa shape index (κ2) is 6.82. The maximum absolute atomic E-state index is 10.3. The summed E-state index contributed by atoms with van der Waals surface area (Å²) in [5.41, 5.74) is 1.33. The molecule has 0 saturated carbocycles. The van der Waals surface area contributed by atoms with E-state index in [0.717, 1.165) is 19.3 Å². The number of carbonyl (C=O) groups is 1. The van der Waals surface area contributed by atoms with Crippen LogP contribution in [-0.2, 0) is 11.2 Å². The molecule has 0 aliphatic rings. The van der Waals surface area contributed by atoms with E-state index in [1.807, 2.05) is 18.2 Å². The standard InChI is InChI=1S/C12H15IO2/c13-11(7-4-8-12(14)15)9-10-5-2-1-3-6-10/h1-3,5-6,11H,4,7-9H2,(H,14,15). The first-order valence-corrected chi connectivity index (χ1v) is 6.33. The van der Waals surface area contributed by atoms with Crippen LogP contribution in [0.5, 0.6) is 0 Å². The molecular formula is C12H15IO2. The quantitative estimate of drug-likeness (QED) is 0.645. The van der Waals surface area contributed by atoms with Crippen molar-refractivity contribution in [3.8, 4) is 0 Å². The van der Waals surface area contributed by atoms with Crippen LogP contribution >= 0.6 is 22.6 Å². The Morgan fingerprint density at radius 2 is 2.00 bits per heavy atom. The first kappa shape index (κ1) is 12.5. The molecular weight excluding hydrogens is 303 g/mol. The number of carboxylic acids is 1. The Balaban J connectivity index is 2.24. The second-order valence-electron chi connectivity index (χ2n) is 3.57. The van der Waals surface area contributed by atoms with E-state index >= 15 is 0 Å². The van der Waals surface area contributed by atoms with Crippen LogP contribution in [0.1, 0.15) is 24.8 Å². The number of halogens is 1. The van der Waals surface area contributed by atoms with Crippen LogP contribution in [-0.4, -0.2) is 15.0 Å². The van der Waals surface area contributed by atoms with Crippen LogP contribution in [0.4, 0.5) is 0 Å². The van der Waals surface area contributed by atoms with E-state index in [2.05, 4.69) is 34.7 Å². The average Bonchev–Trinajstić information content (AvgIpc) is 2.18. The molecule has 1 atom stereocenters. The van der Waals surface area contributed by atoms with Gasteiger partial charge in [0.25, 0.3) is 0 Å². The number of aliphatic carboxylic acids is 1. The molecule has 1 N–H and O–H groups in total. The van der Waals surface area contributed by atoms with Crippen molar-refractivity contribution in [2.45, 2.75) is 29.6 Å². The van der Waals surface area contributed by atoms with Crippen LogP contribution in [0.2, 0.25) is 0 Å². The molecule has 0 bridgehead atoms. The normalized spacial score (nSPS) is 12.3. The minimum Gasteiger partial charge on any atom is -0.481 e. The van der Waals surface area contributed by atoms with Crippen molar-refractivity contribution >= 4 is 28.6 Å². The summed E-state index contributed by atoms with van der Waals surface area (Å²) in [4.78, 5) is 10.3. The molecule has 0 fully saturated rings. The van der Waals surface area contributed by atoms with Gasteiger partial charge in [0.2, 0.25) is 0 Å². The predicted molar refractivity (Wildman–Crippen MR) is 69.4 cm³/mol. The Bertz CT molecular complexity index is 298. The molecule has 0 radical (unpaired) electrons. The molecule has 15 heavy (non-hydrogen) atoms. The molecule has 3 heteroatoms. The fourth-order valence-corrected chi connectivity index (χ4v) is 2.40. The van der Waals surface area contributed by atoms with E-state index in [1.165, 1.54) is 5.56 Å². The molecule has 0 spiro atoms. The Labute approximate surface area is 104 Å². The zero-order valence-corrected chi connectivity index (χ0v) is 10.7. The highest BCUT2D eigenvalue weighted by Crippen LogP contribution is 2.16. The van der Waals surface area contributed by atoms with Crippen LogP contribution in [0, 0.1) is 0 Å². The molecule has 0 saturated heterocycles. The molecule has 82 valence electrons. The Morgan fingerprint density at radius 3 is 2.60 bits per heavy atom. The number of carboxylic acid groups (broad SMARTS) is 1. The molecule has 1 unspecified atom stereocenters. The minimum absolute atomic E-state index is 0.286. The predicted octanol–water partition coefficient (Wildman–Crippen LogP) is 3.29. The van der Waals surface area contributed by atoms with Gasteiger partial charge in [-0.1, -0.05) is 52.9 Å². The summed E-state index contributed by atoms with van der Waals surface area (Å²) in [5, 5.41) is 8.51. The SMILES string of the molecule is O=C(O)CCCC(I)Cc1ccccc1. The summed E-state index contributed by atoms with van der Waals surface area (Å²) in [5.74, 6) is -0.696. The molecule has 1 aromatic carbocycles. The summed E-state index contributed by atoms with van der Waals surface area (Å²) in [6, 6.07) is 10.3. The maximum Gasteiger partial charge on any atom is 0.303 e. The Hall–Kier alpha value is -0.580. The lowest BCUT2D eigenvalue weighted by Gasteiger charge is -2.08. The monoisotopic (exact) mass is 318 g/mol. The summed E-state index contributed by atoms with van der Waals surface area (Å²) < 4.78 is 0.532. The third-order valence-electron chi connectivity index (χ3n) is 2.21. The number of hydrogen-bond donors (Lipinski definition) is 1. The average molecular weight is 318 g/mol. The van der Waals surface area contributed by atoms with Gasteiger partial charge in [-0.05, 0) is 24.8 Å². The van der Waals surface area contributed by atoms with Crippen LogP contribution in [0.25, 0.3) is 0 Å². The van der Waals surface area contributed by atoms with Crippen molar-refractivity contribution in [3.05, 3.63) is 35.9 Å². The highest BCUT2D eigenvalue weighted by Gasteiger charge is 2.06. The maximum atomic E-state index is 10.3. The summed E-state index contributed by atoms with van der Waals surface area (Å²) in [6.07, 6.45) is 3.06. The van der Waals surface area contributed by atoms with E-state index in [-0.39, 0.29) is 6.42 Å². The van der Waals surface area contributed by atoms with Gasteiger partial charge < -0.3 is 5.11 Å². The fraction of sp³-hybridized carbons (Fsp3) is 0.417. The van der Waals surface area contributed by atoms with Crippen molar-refractivity contribution < 1.29 is 9.90 Å². The molecule has 0 heterocycles. The van der Waals surface area contributed by atoms with Gasteiger partial charge in [-0.25, -0.2) is 0 Å². The molecule has 2 nitrogen and oxygen atoms in total. The lowest BCUT2D eigenvalue weighted by molar-refractivity contribution is -0.137. The largest absolute Gasteiger partial charge is 0.481 e. The molecule has 0 aliphatic carbocycles. The fourth-order valence-electron chi connectivity index (χ4n) is 1.45. The summed E-state index contributed by atoms with van der Waals surface area (Å²) in [7, 11) is 0. The zero-order chi connectivity index (χ0) is 11.1. The molecule has 0 aromatic heterocycles. The molecule has 0 aliphatic heterocycles. The summed E-state index contributed by atoms with van der Waals surface area (Å²) >= 11 is 2.40. The van der Waals surface area contributed by atoms with Crippen molar-refractivity contribution in [1.29, 1.82) is 0 Å². The van der Waals surface area contributed by atoms with E-state index in [0.29, 0.717) is 3.92 Å². The van der Waals surface area contributed by atoms with Gasteiger partial charge in [-0.2, -0.15) is 0 Å². The first-order chi connectivity index (χ1) is 7.18. The lowest BCUT2D eigenvalue weighted by Crippen LogP contribution is -2.04. The molecule has 1 rings (SSSR count). The number of alkyl halides is 1. The smallest absolute Gasteiger partial charge is 0.303 e. The molecule has 1 aromatic rings.